The van der Waals surface area contributed by atoms with Gasteiger partial charge >= 0.3 is 5.97 Å². The molecule has 0 bridgehead atoms. The maximum Gasteiger partial charge on any atom is 0.311 e. The lowest BCUT2D eigenvalue weighted by atomic mass is 10.0. The summed E-state index contributed by atoms with van der Waals surface area (Å²) in [5.74, 6) is -2.10. The van der Waals surface area contributed by atoms with E-state index in [9.17, 15) is 9.59 Å². The molecule has 0 saturated carbocycles. The van der Waals surface area contributed by atoms with Gasteiger partial charge in [0.1, 0.15) is 11.6 Å². The Hall–Kier alpha value is -1.47. The third kappa shape index (κ3) is 2.68. The molecule has 0 radical (unpaired) electrons. The molecule has 7 heteroatoms. The van der Waals surface area contributed by atoms with E-state index in [0.717, 1.165) is 0 Å². The fourth-order valence-corrected chi connectivity index (χ4v) is 2.16. The third-order valence-electron chi connectivity index (χ3n) is 2.69. The highest BCUT2D eigenvalue weighted by molar-refractivity contribution is 9.10. The number of ether oxygens (including phenoxy) is 1. The van der Waals surface area contributed by atoms with Crippen molar-refractivity contribution in [2.24, 2.45) is 5.92 Å². The first kappa shape index (κ1) is 13.0. The van der Waals surface area contributed by atoms with Gasteiger partial charge < -0.3 is 15.2 Å². The van der Waals surface area contributed by atoms with E-state index in [1.54, 1.807) is 12.1 Å². The Balaban J connectivity index is 2.08. The van der Waals surface area contributed by atoms with Crippen molar-refractivity contribution in [3.8, 4) is 0 Å². The Labute approximate surface area is 111 Å². The van der Waals surface area contributed by atoms with Crippen molar-refractivity contribution in [1.82, 2.24) is 10.3 Å². The lowest BCUT2D eigenvalue weighted by molar-refractivity contribution is -0.142. The summed E-state index contributed by atoms with van der Waals surface area (Å²) < 4.78 is 5.63. The molecule has 1 amide bonds. The van der Waals surface area contributed by atoms with Gasteiger partial charge in [-0.05, 0) is 28.1 Å². The second kappa shape index (κ2) is 5.45. The van der Waals surface area contributed by atoms with E-state index in [1.807, 2.05) is 0 Å². The van der Waals surface area contributed by atoms with E-state index < -0.39 is 23.8 Å². The average Bonchev–Trinajstić information content (AvgIpc) is 2.77. The van der Waals surface area contributed by atoms with Crippen LogP contribution in [0.2, 0.25) is 0 Å². The van der Waals surface area contributed by atoms with Crippen LogP contribution in [-0.2, 0) is 9.53 Å². The first-order valence-electron chi connectivity index (χ1n) is 5.31. The summed E-state index contributed by atoms with van der Waals surface area (Å²) in [4.78, 5) is 26.8. The van der Waals surface area contributed by atoms with Crippen molar-refractivity contribution < 1.29 is 19.4 Å². The van der Waals surface area contributed by atoms with Gasteiger partial charge in [0.2, 0.25) is 0 Å². The number of nitrogens with one attached hydrogen (secondary N) is 1. The minimum Gasteiger partial charge on any atom is -0.481 e. The molecule has 0 aromatic carbocycles. The Morgan fingerprint density at radius 3 is 2.94 bits per heavy atom. The number of carboxylic acid groups (broad SMARTS) is 1. The minimum atomic E-state index is -0.974. The van der Waals surface area contributed by atoms with Gasteiger partial charge in [-0.2, -0.15) is 0 Å². The van der Waals surface area contributed by atoms with Gasteiger partial charge in [0.05, 0.1) is 19.3 Å². The predicted octanol–water partition coefficient (Wildman–Crippen LogP) is 0.674. The standard InChI is InChI=1S/C11H11BrN2O4/c12-7-2-1-3-13-9(7)10(15)14-8-5-18-4-6(8)11(16)17/h1-3,6,8H,4-5H2,(H,14,15)(H,16,17). The van der Waals surface area contributed by atoms with Crippen LogP contribution in [0.15, 0.2) is 22.8 Å². The number of rotatable bonds is 3. The van der Waals surface area contributed by atoms with Crippen molar-refractivity contribution >= 4 is 27.8 Å². The van der Waals surface area contributed by atoms with Gasteiger partial charge in [-0.1, -0.05) is 0 Å². The molecule has 0 spiro atoms. The number of carbonyl (C=O) groups excluding carboxylic acids is 1. The summed E-state index contributed by atoms with van der Waals surface area (Å²) in [6.45, 7) is 0.316. The lowest BCUT2D eigenvalue weighted by Crippen LogP contribution is -2.43. The normalized spacial score (nSPS) is 22.7. The Kier molecular flexibility index (Phi) is 3.93. The molecule has 18 heavy (non-hydrogen) atoms. The number of hydrogen-bond acceptors (Lipinski definition) is 4. The zero-order valence-corrected chi connectivity index (χ0v) is 10.9. The van der Waals surface area contributed by atoms with Crippen molar-refractivity contribution in [1.29, 1.82) is 0 Å². The summed E-state index contributed by atoms with van der Waals surface area (Å²) in [7, 11) is 0. The number of hydrogen-bond donors (Lipinski definition) is 2. The number of carbonyl (C=O) groups is 2. The molecule has 0 aliphatic carbocycles. The molecule has 1 aliphatic rings. The highest BCUT2D eigenvalue weighted by Crippen LogP contribution is 2.17. The zero-order chi connectivity index (χ0) is 13.1. The van der Waals surface area contributed by atoms with E-state index in [0.29, 0.717) is 4.47 Å². The first-order valence-corrected chi connectivity index (χ1v) is 6.11. The molecule has 2 atom stereocenters. The van der Waals surface area contributed by atoms with Crippen LogP contribution < -0.4 is 5.32 Å². The summed E-state index contributed by atoms with van der Waals surface area (Å²) >= 11 is 3.22. The maximum atomic E-state index is 11.9. The molecule has 6 nitrogen and oxygen atoms in total. The van der Waals surface area contributed by atoms with Crippen LogP contribution in [-0.4, -0.2) is 41.2 Å². The summed E-state index contributed by atoms with van der Waals surface area (Å²) in [5.41, 5.74) is 0.230. The van der Waals surface area contributed by atoms with Crippen LogP contribution in [0.5, 0.6) is 0 Å². The van der Waals surface area contributed by atoms with Gasteiger partial charge in [-0.15, -0.1) is 0 Å². The Morgan fingerprint density at radius 2 is 2.28 bits per heavy atom. The second-order valence-corrected chi connectivity index (χ2v) is 4.75. The van der Waals surface area contributed by atoms with E-state index in [4.69, 9.17) is 9.84 Å². The Bertz CT molecular complexity index is 480. The van der Waals surface area contributed by atoms with E-state index in [2.05, 4.69) is 26.2 Å². The molecule has 2 N–H and O–H groups in total. The number of aromatic nitrogens is 1. The molecule has 1 aromatic heterocycles. The number of halogens is 1. The van der Waals surface area contributed by atoms with Crippen molar-refractivity contribution in [2.45, 2.75) is 6.04 Å². The largest absolute Gasteiger partial charge is 0.481 e. The summed E-state index contributed by atoms with van der Waals surface area (Å²) in [5, 5.41) is 11.6. The van der Waals surface area contributed by atoms with Gasteiger partial charge in [-0.3, -0.25) is 9.59 Å². The van der Waals surface area contributed by atoms with E-state index in [1.165, 1.54) is 6.20 Å². The van der Waals surface area contributed by atoms with Crippen LogP contribution >= 0.6 is 15.9 Å². The predicted molar refractivity (Wildman–Crippen MR) is 65.1 cm³/mol. The first-order chi connectivity index (χ1) is 8.59. The fraction of sp³-hybridized carbons (Fsp3) is 0.364. The number of amides is 1. The number of aliphatic carboxylic acids is 1. The molecule has 2 rings (SSSR count). The van der Waals surface area contributed by atoms with Gasteiger partial charge in [0.25, 0.3) is 5.91 Å². The highest BCUT2D eigenvalue weighted by atomic mass is 79.9. The zero-order valence-electron chi connectivity index (χ0n) is 9.30. The fourth-order valence-electron chi connectivity index (χ4n) is 1.73. The number of nitrogens with zero attached hydrogens (tertiary/aromatic N) is 1. The molecule has 1 fully saturated rings. The summed E-state index contributed by atoms with van der Waals surface area (Å²) in [6.07, 6.45) is 1.50. The van der Waals surface area contributed by atoms with Gasteiger partial charge in [0, 0.05) is 10.7 Å². The molecular formula is C11H11BrN2O4. The topological polar surface area (TPSA) is 88.5 Å². The van der Waals surface area contributed by atoms with Crippen LogP contribution in [0.1, 0.15) is 10.5 Å². The molecule has 96 valence electrons. The molecule has 2 unspecified atom stereocenters. The highest BCUT2D eigenvalue weighted by Gasteiger charge is 2.35. The van der Waals surface area contributed by atoms with Crippen molar-refractivity contribution in [3.05, 3.63) is 28.5 Å². The van der Waals surface area contributed by atoms with E-state index >= 15 is 0 Å². The van der Waals surface area contributed by atoms with Gasteiger partial charge in [0.15, 0.2) is 0 Å². The molecule has 1 aliphatic heterocycles. The summed E-state index contributed by atoms with van der Waals surface area (Å²) in [6, 6.07) is 2.87. The van der Waals surface area contributed by atoms with Crippen LogP contribution in [0.4, 0.5) is 0 Å². The average molecular weight is 315 g/mol. The minimum absolute atomic E-state index is 0.115. The smallest absolute Gasteiger partial charge is 0.311 e. The number of pyridine rings is 1. The SMILES string of the molecule is O=C(NC1COCC1C(=O)O)c1ncccc1Br. The van der Waals surface area contributed by atoms with Crippen molar-refractivity contribution in [3.63, 3.8) is 0 Å². The van der Waals surface area contributed by atoms with Crippen LogP contribution in [0.25, 0.3) is 0 Å². The van der Waals surface area contributed by atoms with Gasteiger partial charge in [-0.25, -0.2) is 4.98 Å². The monoisotopic (exact) mass is 314 g/mol. The van der Waals surface area contributed by atoms with Crippen molar-refractivity contribution in [2.75, 3.05) is 13.2 Å². The molecule has 1 aromatic rings. The molecule has 2 heterocycles. The second-order valence-electron chi connectivity index (χ2n) is 3.90. The Morgan fingerprint density at radius 1 is 1.50 bits per heavy atom. The quantitative estimate of drug-likeness (QED) is 0.856. The molecule has 1 saturated heterocycles. The lowest BCUT2D eigenvalue weighted by Gasteiger charge is -2.15. The molecular weight excluding hydrogens is 304 g/mol. The maximum absolute atomic E-state index is 11.9. The van der Waals surface area contributed by atoms with Crippen LogP contribution in [0, 0.1) is 5.92 Å². The van der Waals surface area contributed by atoms with Crippen LogP contribution in [0.3, 0.4) is 0 Å². The van der Waals surface area contributed by atoms with E-state index in [-0.39, 0.29) is 18.9 Å². The number of carboxylic acids is 1. The third-order valence-corrected chi connectivity index (χ3v) is 3.33.